The third-order valence-corrected chi connectivity index (χ3v) is 4.19. The van der Waals surface area contributed by atoms with Crippen LogP contribution in [-0.2, 0) is 4.79 Å². The highest BCUT2D eigenvalue weighted by Gasteiger charge is 2.11. The van der Waals surface area contributed by atoms with E-state index in [9.17, 15) is 4.79 Å². The van der Waals surface area contributed by atoms with Gasteiger partial charge in [0.2, 0.25) is 5.91 Å². The molecular formula is C22H24N4O. The fraction of sp³-hybridized carbons (Fsp3) is 0.227. The highest BCUT2D eigenvalue weighted by molar-refractivity contribution is 5.92. The molecule has 0 radical (unpaired) electrons. The molecule has 3 rings (SSSR count). The molecule has 3 aromatic rings. The van der Waals surface area contributed by atoms with Gasteiger partial charge in [0.15, 0.2) is 0 Å². The first-order valence-corrected chi connectivity index (χ1v) is 9.29. The molecule has 27 heavy (non-hydrogen) atoms. The molecule has 0 unspecified atom stereocenters. The predicted octanol–water partition coefficient (Wildman–Crippen LogP) is 4.25. The Balaban J connectivity index is 1.83. The van der Waals surface area contributed by atoms with Gasteiger partial charge < -0.3 is 5.32 Å². The maximum absolute atomic E-state index is 12.1. The summed E-state index contributed by atoms with van der Waals surface area (Å²) >= 11 is 0. The average Bonchev–Trinajstić information content (AvgIpc) is 3.15. The van der Waals surface area contributed by atoms with Crippen molar-refractivity contribution >= 4 is 12.0 Å². The molecule has 2 aromatic heterocycles. The SMILES string of the molecule is CCCCCNC(=O)/C=C/c1cn(-c2ccccc2)nc1-c1cccnc1. The molecule has 0 aliphatic heterocycles. The van der Waals surface area contributed by atoms with Crippen LogP contribution in [0.4, 0.5) is 0 Å². The van der Waals surface area contributed by atoms with Gasteiger partial charge >= 0.3 is 0 Å². The fourth-order valence-corrected chi connectivity index (χ4v) is 2.76. The van der Waals surface area contributed by atoms with E-state index < -0.39 is 0 Å². The van der Waals surface area contributed by atoms with Crippen LogP contribution in [0, 0.1) is 0 Å². The van der Waals surface area contributed by atoms with Crippen LogP contribution in [0.3, 0.4) is 0 Å². The molecule has 0 aliphatic rings. The first-order valence-electron chi connectivity index (χ1n) is 9.29. The maximum Gasteiger partial charge on any atom is 0.244 e. The lowest BCUT2D eigenvalue weighted by molar-refractivity contribution is -0.116. The molecule has 0 atom stereocenters. The van der Waals surface area contributed by atoms with Crippen LogP contribution in [0.2, 0.25) is 0 Å². The Morgan fingerprint density at radius 1 is 1.15 bits per heavy atom. The van der Waals surface area contributed by atoms with Crippen molar-refractivity contribution in [3.05, 3.63) is 72.7 Å². The van der Waals surface area contributed by atoms with E-state index in [1.54, 1.807) is 18.5 Å². The van der Waals surface area contributed by atoms with Crippen molar-refractivity contribution in [1.82, 2.24) is 20.1 Å². The van der Waals surface area contributed by atoms with E-state index in [0.29, 0.717) is 6.54 Å². The van der Waals surface area contributed by atoms with Crippen molar-refractivity contribution in [2.24, 2.45) is 0 Å². The van der Waals surface area contributed by atoms with Crippen LogP contribution in [0.5, 0.6) is 0 Å². The molecule has 1 amide bonds. The highest BCUT2D eigenvalue weighted by Crippen LogP contribution is 2.24. The number of aromatic nitrogens is 3. The Morgan fingerprint density at radius 3 is 2.74 bits per heavy atom. The Hall–Kier alpha value is -3.21. The molecule has 1 N–H and O–H groups in total. The van der Waals surface area contributed by atoms with E-state index in [1.807, 2.05) is 59.4 Å². The van der Waals surface area contributed by atoms with Gasteiger partial charge in [-0.3, -0.25) is 9.78 Å². The fourth-order valence-electron chi connectivity index (χ4n) is 2.76. The van der Waals surface area contributed by atoms with Crippen molar-refractivity contribution < 1.29 is 4.79 Å². The molecule has 1 aromatic carbocycles. The second-order valence-electron chi connectivity index (χ2n) is 6.29. The Bertz CT molecular complexity index is 885. The van der Waals surface area contributed by atoms with Crippen LogP contribution < -0.4 is 5.32 Å². The summed E-state index contributed by atoms with van der Waals surface area (Å²) in [4.78, 5) is 16.3. The molecule has 0 fully saturated rings. The molecule has 0 saturated heterocycles. The van der Waals surface area contributed by atoms with Crippen molar-refractivity contribution in [3.63, 3.8) is 0 Å². The lowest BCUT2D eigenvalue weighted by Gasteiger charge is -2.00. The van der Waals surface area contributed by atoms with Gasteiger partial charge in [0, 0.05) is 42.3 Å². The van der Waals surface area contributed by atoms with E-state index in [1.165, 1.54) is 0 Å². The molecule has 138 valence electrons. The van der Waals surface area contributed by atoms with Crippen molar-refractivity contribution in [3.8, 4) is 16.9 Å². The number of unbranched alkanes of at least 4 members (excludes halogenated alkanes) is 2. The van der Waals surface area contributed by atoms with Gasteiger partial charge in [-0.2, -0.15) is 5.10 Å². The van der Waals surface area contributed by atoms with Gasteiger partial charge in [0.25, 0.3) is 0 Å². The van der Waals surface area contributed by atoms with Gasteiger partial charge in [-0.05, 0) is 36.8 Å². The smallest absolute Gasteiger partial charge is 0.244 e. The summed E-state index contributed by atoms with van der Waals surface area (Å²) in [5.41, 5.74) is 3.54. The predicted molar refractivity (Wildman–Crippen MR) is 108 cm³/mol. The van der Waals surface area contributed by atoms with E-state index in [4.69, 9.17) is 5.10 Å². The third-order valence-electron chi connectivity index (χ3n) is 4.19. The van der Waals surface area contributed by atoms with Crippen LogP contribution in [0.25, 0.3) is 23.0 Å². The minimum absolute atomic E-state index is 0.0873. The number of para-hydroxylation sites is 1. The van der Waals surface area contributed by atoms with Gasteiger partial charge in [-0.25, -0.2) is 4.68 Å². The van der Waals surface area contributed by atoms with Gasteiger partial charge in [-0.15, -0.1) is 0 Å². The molecular weight excluding hydrogens is 336 g/mol. The first kappa shape index (κ1) is 18.6. The minimum Gasteiger partial charge on any atom is -0.353 e. The van der Waals surface area contributed by atoms with E-state index in [-0.39, 0.29) is 5.91 Å². The normalized spacial score (nSPS) is 11.0. The zero-order valence-corrected chi connectivity index (χ0v) is 15.5. The first-order chi connectivity index (χ1) is 13.3. The summed E-state index contributed by atoms with van der Waals surface area (Å²) in [6.07, 6.45) is 12.1. The lowest BCUT2D eigenvalue weighted by atomic mass is 10.1. The molecule has 5 nitrogen and oxygen atoms in total. The van der Waals surface area contributed by atoms with Gasteiger partial charge in [0.05, 0.1) is 5.69 Å². The largest absolute Gasteiger partial charge is 0.353 e. The zero-order valence-electron chi connectivity index (χ0n) is 15.5. The number of benzene rings is 1. The number of hydrogen-bond donors (Lipinski definition) is 1. The van der Waals surface area contributed by atoms with Crippen LogP contribution in [0.15, 0.2) is 67.1 Å². The summed E-state index contributed by atoms with van der Waals surface area (Å²) in [5, 5.41) is 7.63. The standard InChI is InChI=1S/C22H24N4O/c1-2-3-7-15-24-21(27)13-12-19-17-26(20-10-5-4-6-11-20)25-22(19)18-9-8-14-23-16-18/h4-6,8-14,16-17H,2-3,7,15H2,1H3,(H,24,27)/b13-12+. The Kier molecular flexibility index (Phi) is 6.52. The summed E-state index contributed by atoms with van der Waals surface area (Å²) in [7, 11) is 0. The molecule has 0 spiro atoms. The number of nitrogens with zero attached hydrogens (tertiary/aromatic N) is 3. The number of pyridine rings is 1. The van der Waals surface area contributed by atoms with Crippen molar-refractivity contribution in [2.75, 3.05) is 6.54 Å². The lowest BCUT2D eigenvalue weighted by Crippen LogP contribution is -2.21. The summed E-state index contributed by atoms with van der Waals surface area (Å²) in [5.74, 6) is -0.0873. The number of carbonyl (C=O) groups excluding carboxylic acids is 1. The number of carbonyl (C=O) groups is 1. The monoisotopic (exact) mass is 360 g/mol. The van der Waals surface area contributed by atoms with Crippen LogP contribution >= 0.6 is 0 Å². The Morgan fingerprint density at radius 2 is 2.00 bits per heavy atom. The second-order valence-corrected chi connectivity index (χ2v) is 6.29. The molecule has 2 heterocycles. The van der Waals surface area contributed by atoms with E-state index in [0.717, 1.165) is 41.8 Å². The molecule has 0 aliphatic carbocycles. The molecule has 5 heteroatoms. The summed E-state index contributed by atoms with van der Waals surface area (Å²) < 4.78 is 1.82. The molecule has 0 saturated carbocycles. The zero-order chi connectivity index (χ0) is 18.9. The summed E-state index contributed by atoms with van der Waals surface area (Å²) in [6, 6.07) is 13.7. The number of amides is 1. The van der Waals surface area contributed by atoms with E-state index in [2.05, 4.69) is 17.2 Å². The van der Waals surface area contributed by atoms with Crippen molar-refractivity contribution in [2.45, 2.75) is 26.2 Å². The van der Waals surface area contributed by atoms with Crippen molar-refractivity contribution in [1.29, 1.82) is 0 Å². The van der Waals surface area contributed by atoms with Crippen LogP contribution in [-0.4, -0.2) is 27.2 Å². The topological polar surface area (TPSA) is 59.8 Å². The number of hydrogen-bond acceptors (Lipinski definition) is 3. The summed E-state index contributed by atoms with van der Waals surface area (Å²) in [6.45, 7) is 2.85. The second kappa shape index (κ2) is 9.48. The van der Waals surface area contributed by atoms with Gasteiger partial charge in [-0.1, -0.05) is 38.0 Å². The Labute approximate surface area is 159 Å². The van der Waals surface area contributed by atoms with Gasteiger partial charge in [0.1, 0.15) is 5.69 Å². The number of nitrogens with one attached hydrogen (secondary N) is 1. The molecule has 0 bridgehead atoms. The number of rotatable bonds is 8. The van der Waals surface area contributed by atoms with E-state index >= 15 is 0 Å². The highest BCUT2D eigenvalue weighted by atomic mass is 16.1. The van der Waals surface area contributed by atoms with Crippen LogP contribution in [0.1, 0.15) is 31.7 Å². The maximum atomic E-state index is 12.1. The average molecular weight is 360 g/mol. The quantitative estimate of drug-likeness (QED) is 0.482. The third kappa shape index (κ3) is 5.14. The minimum atomic E-state index is -0.0873.